The van der Waals surface area contributed by atoms with Gasteiger partial charge >= 0.3 is 0 Å². The lowest BCUT2D eigenvalue weighted by molar-refractivity contribution is -0.125. The first-order valence-electron chi connectivity index (χ1n) is 5.24. The summed E-state index contributed by atoms with van der Waals surface area (Å²) >= 11 is 1.76. The average Bonchev–Trinajstić information content (AvgIpc) is 2.28. The molecule has 0 aliphatic carbocycles. The number of carbonyl (C=O) groups is 1. The molecule has 1 aromatic carbocycles. The van der Waals surface area contributed by atoms with Gasteiger partial charge in [-0.1, -0.05) is 6.92 Å². The Balaban J connectivity index is 2.77. The van der Waals surface area contributed by atoms with Gasteiger partial charge in [-0.3, -0.25) is 4.79 Å². The molecule has 1 aromatic rings. The van der Waals surface area contributed by atoms with Crippen molar-refractivity contribution in [1.82, 2.24) is 0 Å². The first-order chi connectivity index (χ1) is 7.56. The van der Waals surface area contributed by atoms with Gasteiger partial charge in [-0.05, 0) is 36.9 Å². The molecule has 1 rings (SSSR count). The summed E-state index contributed by atoms with van der Waals surface area (Å²) in [5.41, 5.74) is 0.798. The molecule has 0 saturated heterocycles. The summed E-state index contributed by atoms with van der Waals surface area (Å²) in [5, 5.41) is 9.20. The van der Waals surface area contributed by atoms with Gasteiger partial charge in [-0.25, -0.2) is 0 Å². The number of hydrogen-bond donors (Lipinski definition) is 1. The fourth-order valence-corrected chi connectivity index (χ4v) is 2.00. The van der Waals surface area contributed by atoms with Crippen LogP contribution in [0, 0.1) is 0 Å². The molecule has 1 atom stereocenters. The Morgan fingerprint density at radius 1 is 1.44 bits per heavy atom. The van der Waals surface area contributed by atoms with E-state index in [-0.39, 0.29) is 5.91 Å². The first-order valence-corrected chi connectivity index (χ1v) is 6.23. The highest BCUT2D eigenvalue weighted by Crippen LogP contribution is 2.21. The third-order valence-corrected chi connectivity index (χ3v) is 3.12. The highest BCUT2D eigenvalue weighted by atomic mass is 32.2. The minimum Gasteiger partial charge on any atom is -0.384 e. The summed E-state index contributed by atoms with van der Waals surface area (Å²) in [4.78, 5) is 14.2. The van der Waals surface area contributed by atoms with Crippen LogP contribution < -0.4 is 4.90 Å². The van der Waals surface area contributed by atoms with Crippen LogP contribution >= 0.6 is 11.8 Å². The lowest BCUT2D eigenvalue weighted by Gasteiger charge is -2.19. The fraction of sp³-hybridized carbons (Fsp3) is 0.417. The van der Waals surface area contributed by atoms with Crippen molar-refractivity contribution in [2.75, 3.05) is 17.7 Å². The number of rotatable bonds is 4. The van der Waals surface area contributed by atoms with Crippen molar-refractivity contribution in [2.45, 2.75) is 24.8 Å². The number of thioether (sulfide) groups is 1. The molecule has 88 valence electrons. The van der Waals surface area contributed by atoms with Crippen LogP contribution in [-0.4, -0.2) is 29.9 Å². The number of benzene rings is 1. The Bertz CT molecular complexity index is 349. The predicted octanol–water partition coefficient (Wildman–Crippen LogP) is 2.14. The standard InChI is InChI=1S/C12H17NO2S/c1-4-16-11-7-5-10(6-8-11)13(3)12(15)9(2)14/h5-9,14H,4H2,1-3H3. The number of nitrogens with zero attached hydrogens (tertiary/aromatic N) is 1. The molecule has 3 nitrogen and oxygen atoms in total. The Morgan fingerprint density at radius 2 is 2.00 bits per heavy atom. The SMILES string of the molecule is CCSc1ccc(N(C)C(=O)C(C)O)cc1. The molecular weight excluding hydrogens is 222 g/mol. The van der Waals surface area contributed by atoms with Gasteiger partial charge in [0.15, 0.2) is 0 Å². The molecule has 16 heavy (non-hydrogen) atoms. The van der Waals surface area contributed by atoms with E-state index in [9.17, 15) is 9.90 Å². The van der Waals surface area contributed by atoms with E-state index in [0.717, 1.165) is 11.4 Å². The van der Waals surface area contributed by atoms with Crippen molar-refractivity contribution in [1.29, 1.82) is 0 Å². The third kappa shape index (κ3) is 3.25. The number of amides is 1. The van der Waals surface area contributed by atoms with Gasteiger partial charge in [0.05, 0.1) is 0 Å². The molecule has 0 aromatic heterocycles. The van der Waals surface area contributed by atoms with Crippen LogP contribution in [0.15, 0.2) is 29.2 Å². The molecule has 0 heterocycles. The number of aliphatic hydroxyl groups is 1. The zero-order chi connectivity index (χ0) is 12.1. The van der Waals surface area contributed by atoms with Crippen molar-refractivity contribution >= 4 is 23.4 Å². The monoisotopic (exact) mass is 239 g/mol. The summed E-state index contributed by atoms with van der Waals surface area (Å²) in [6.07, 6.45) is -0.963. The molecule has 0 aliphatic heterocycles. The van der Waals surface area contributed by atoms with Crippen molar-refractivity contribution in [3.05, 3.63) is 24.3 Å². The van der Waals surface area contributed by atoms with Gasteiger partial charge in [0.2, 0.25) is 0 Å². The van der Waals surface area contributed by atoms with Crippen LogP contribution in [0.1, 0.15) is 13.8 Å². The molecular formula is C12H17NO2S. The van der Waals surface area contributed by atoms with E-state index in [2.05, 4.69) is 6.92 Å². The van der Waals surface area contributed by atoms with Crippen LogP contribution in [0.5, 0.6) is 0 Å². The lowest BCUT2D eigenvalue weighted by Crippen LogP contribution is -2.34. The van der Waals surface area contributed by atoms with Crippen LogP contribution in [-0.2, 0) is 4.79 Å². The second kappa shape index (κ2) is 5.92. The zero-order valence-corrected chi connectivity index (χ0v) is 10.6. The van der Waals surface area contributed by atoms with Crippen molar-refractivity contribution in [2.24, 2.45) is 0 Å². The van der Waals surface area contributed by atoms with Crippen molar-refractivity contribution in [3.63, 3.8) is 0 Å². The minimum absolute atomic E-state index is 0.295. The van der Waals surface area contributed by atoms with E-state index >= 15 is 0 Å². The van der Waals surface area contributed by atoms with Gasteiger partial charge in [-0.2, -0.15) is 0 Å². The second-order valence-electron chi connectivity index (χ2n) is 3.50. The maximum atomic E-state index is 11.5. The largest absolute Gasteiger partial charge is 0.384 e. The van der Waals surface area contributed by atoms with Gasteiger partial charge in [0.1, 0.15) is 6.10 Å². The fourth-order valence-electron chi connectivity index (χ4n) is 1.34. The van der Waals surface area contributed by atoms with Crippen LogP contribution in [0.3, 0.4) is 0 Å². The predicted molar refractivity (Wildman–Crippen MR) is 67.9 cm³/mol. The molecule has 4 heteroatoms. The van der Waals surface area contributed by atoms with Gasteiger partial charge in [0.25, 0.3) is 5.91 Å². The van der Waals surface area contributed by atoms with Crippen molar-refractivity contribution < 1.29 is 9.90 Å². The minimum atomic E-state index is -0.963. The topological polar surface area (TPSA) is 40.5 Å². The van der Waals surface area contributed by atoms with E-state index in [1.807, 2.05) is 24.3 Å². The summed E-state index contributed by atoms with van der Waals surface area (Å²) in [5.74, 6) is 0.734. The molecule has 0 saturated carbocycles. The van der Waals surface area contributed by atoms with E-state index in [4.69, 9.17) is 0 Å². The van der Waals surface area contributed by atoms with Crippen LogP contribution in [0.4, 0.5) is 5.69 Å². The van der Waals surface area contributed by atoms with Gasteiger partial charge < -0.3 is 10.0 Å². The maximum absolute atomic E-state index is 11.5. The number of likely N-dealkylation sites (N-methyl/N-ethyl adjacent to an activating group) is 1. The van der Waals surface area contributed by atoms with Crippen molar-refractivity contribution in [3.8, 4) is 0 Å². The molecule has 0 aliphatic rings. The van der Waals surface area contributed by atoms with Gasteiger partial charge in [-0.15, -0.1) is 11.8 Å². The first kappa shape index (κ1) is 13.1. The zero-order valence-electron chi connectivity index (χ0n) is 9.80. The summed E-state index contributed by atoms with van der Waals surface area (Å²) in [7, 11) is 1.66. The summed E-state index contributed by atoms with van der Waals surface area (Å²) in [6.45, 7) is 3.57. The van der Waals surface area contributed by atoms with E-state index < -0.39 is 6.10 Å². The Labute approximate surface area is 100 Å². The summed E-state index contributed by atoms with van der Waals surface area (Å²) in [6, 6.07) is 7.74. The van der Waals surface area contributed by atoms with Crippen LogP contribution in [0.2, 0.25) is 0 Å². The third-order valence-electron chi connectivity index (χ3n) is 2.22. The highest BCUT2D eigenvalue weighted by molar-refractivity contribution is 7.99. The molecule has 1 amide bonds. The highest BCUT2D eigenvalue weighted by Gasteiger charge is 2.15. The molecule has 0 fully saturated rings. The Kier molecular flexibility index (Phi) is 4.83. The Hall–Kier alpha value is -1.00. The second-order valence-corrected chi connectivity index (χ2v) is 4.84. The van der Waals surface area contributed by atoms with E-state index in [1.54, 1.807) is 18.8 Å². The molecule has 1 unspecified atom stereocenters. The maximum Gasteiger partial charge on any atom is 0.255 e. The molecule has 1 N–H and O–H groups in total. The smallest absolute Gasteiger partial charge is 0.255 e. The number of carbonyl (C=O) groups excluding carboxylic acids is 1. The lowest BCUT2D eigenvalue weighted by atomic mass is 10.2. The molecule has 0 radical (unpaired) electrons. The van der Waals surface area contributed by atoms with Crippen LogP contribution in [0.25, 0.3) is 0 Å². The molecule has 0 bridgehead atoms. The summed E-state index contributed by atoms with van der Waals surface area (Å²) < 4.78 is 0. The average molecular weight is 239 g/mol. The van der Waals surface area contributed by atoms with E-state index in [1.165, 1.54) is 16.7 Å². The molecule has 0 spiro atoms. The number of aliphatic hydroxyl groups excluding tert-OH is 1. The number of hydrogen-bond acceptors (Lipinski definition) is 3. The normalized spacial score (nSPS) is 12.2. The van der Waals surface area contributed by atoms with Gasteiger partial charge in [0, 0.05) is 17.6 Å². The Morgan fingerprint density at radius 3 is 2.44 bits per heavy atom. The quantitative estimate of drug-likeness (QED) is 0.818. The van der Waals surface area contributed by atoms with E-state index in [0.29, 0.717) is 0 Å². The number of anilines is 1.